The summed E-state index contributed by atoms with van der Waals surface area (Å²) in [5, 5.41) is -0.0273. The van der Waals surface area contributed by atoms with Gasteiger partial charge in [-0.2, -0.15) is 0 Å². The first-order valence-electron chi connectivity index (χ1n) is 2.25. The summed E-state index contributed by atoms with van der Waals surface area (Å²) in [6.45, 7) is -2.63. The van der Waals surface area contributed by atoms with Crippen molar-refractivity contribution in [1.82, 2.24) is 0 Å². The molecule has 0 fully saturated rings. The lowest BCUT2D eigenvalue weighted by atomic mass is 10.9. The second-order valence-electron chi connectivity index (χ2n) is 1.37. The van der Waals surface area contributed by atoms with Crippen LogP contribution in [0.15, 0.2) is 0 Å². The summed E-state index contributed by atoms with van der Waals surface area (Å²) in [5.41, 5.74) is 0. The first-order valence-corrected chi connectivity index (χ1v) is 6.44. The first-order chi connectivity index (χ1) is 4.42. The Bertz CT molecular complexity index is 164. The minimum atomic E-state index is -3.98. The Morgan fingerprint density at radius 2 is 2.10 bits per heavy atom. The smallest absolute Gasteiger partial charge is 0.317 e. The summed E-state index contributed by atoms with van der Waals surface area (Å²) in [5.74, 6) is 0. The molecule has 0 aliphatic heterocycles. The van der Waals surface area contributed by atoms with Crippen LogP contribution in [0.3, 0.4) is 0 Å². The van der Waals surface area contributed by atoms with Crippen molar-refractivity contribution in [2.24, 2.45) is 0 Å². The monoisotopic (exact) mass is 202 g/mol. The molecule has 0 aromatic rings. The lowest BCUT2D eigenvalue weighted by molar-refractivity contribution is -0.109. The maximum atomic E-state index is 10.2. The zero-order chi connectivity index (χ0) is 8.20. The van der Waals surface area contributed by atoms with Gasteiger partial charge in [0.05, 0.1) is 5.08 Å². The van der Waals surface area contributed by atoms with Crippen molar-refractivity contribution >= 4 is 35.1 Å². The standard InChI is InChI=1S/C3H7O4PS2/c1-3(4)9-2-10-8(5,6)7/h2H2,1H3,(H2,5,6,7). The molecule has 0 aromatic carbocycles. The summed E-state index contributed by atoms with van der Waals surface area (Å²) in [6, 6.07) is 0. The Kier molecular flexibility index (Phi) is 4.64. The van der Waals surface area contributed by atoms with Gasteiger partial charge in [0.25, 0.3) is 0 Å². The normalized spacial score (nSPS) is 11.5. The van der Waals surface area contributed by atoms with Gasteiger partial charge in [-0.05, 0) is 11.4 Å². The summed E-state index contributed by atoms with van der Waals surface area (Å²) in [7, 11) is 0. The molecule has 0 aliphatic rings. The van der Waals surface area contributed by atoms with Crippen LogP contribution in [0.2, 0.25) is 0 Å². The largest absolute Gasteiger partial charge is 0.384 e. The van der Waals surface area contributed by atoms with Crippen LogP contribution in [0.1, 0.15) is 6.92 Å². The summed E-state index contributed by atoms with van der Waals surface area (Å²) in [6.07, 6.45) is 0. The third-order valence-corrected chi connectivity index (χ3v) is 4.08. The number of hydrogen-bond acceptors (Lipinski definition) is 4. The van der Waals surface area contributed by atoms with Crippen molar-refractivity contribution in [3.05, 3.63) is 0 Å². The average molecular weight is 202 g/mol. The van der Waals surface area contributed by atoms with E-state index in [2.05, 4.69) is 0 Å². The minimum absolute atomic E-state index is 0.111. The molecule has 0 aromatic heterocycles. The second kappa shape index (κ2) is 4.41. The van der Waals surface area contributed by atoms with E-state index in [1.807, 2.05) is 0 Å². The molecular formula is C3H7O4PS2. The average Bonchev–Trinajstić information content (AvgIpc) is 1.59. The van der Waals surface area contributed by atoms with Crippen molar-refractivity contribution in [3.63, 3.8) is 0 Å². The van der Waals surface area contributed by atoms with Crippen LogP contribution in [0.5, 0.6) is 0 Å². The van der Waals surface area contributed by atoms with E-state index in [0.29, 0.717) is 11.4 Å². The number of rotatable bonds is 3. The molecule has 4 nitrogen and oxygen atoms in total. The van der Waals surface area contributed by atoms with Gasteiger partial charge in [-0.25, -0.2) is 4.57 Å². The fourth-order valence-electron chi connectivity index (χ4n) is 0.178. The predicted octanol–water partition coefficient (Wildman–Crippen LogP) is 1.05. The van der Waals surface area contributed by atoms with E-state index >= 15 is 0 Å². The maximum Gasteiger partial charge on any atom is 0.384 e. The van der Waals surface area contributed by atoms with Crippen molar-refractivity contribution in [2.75, 3.05) is 5.08 Å². The van der Waals surface area contributed by atoms with Gasteiger partial charge in [0.15, 0.2) is 5.12 Å². The summed E-state index contributed by atoms with van der Waals surface area (Å²) < 4.78 is 10.1. The molecule has 0 amide bonds. The van der Waals surface area contributed by atoms with E-state index in [4.69, 9.17) is 9.79 Å². The van der Waals surface area contributed by atoms with Gasteiger partial charge in [0.2, 0.25) is 0 Å². The molecule has 0 radical (unpaired) electrons. The SMILES string of the molecule is CC(=O)SCSP(=O)(O)O. The molecule has 0 unspecified atom stereocenters. The number of carbonyl (C=O) groups is 1. The van der Waals surface area contributed by atoms with Gasteiger partial charge >= 0.3 is 6.80 Å². The molecule has 0 saturated heterocycles. The number of hydrogen-bond donors (Lipinski definition) is 2. The highest BCUT2D eigenvalue weighted by molar-refractivity contribution is 8.57. The van der Waals surface area contributed by atoms with E-state index < -0.39 is 6.80 Å². The fraction of sp³-hybridized carbons (Fsp3) is 0.667. The Morgan fingerprint density at radius 1 is 1.60 bits per heavy atom. The Morgan fingerprint density at radius 3 is 2.40 bits per heavy atom. The van der Waals surface area contributed by atoms with E-state index in [-0.39, 0.29) is 10.2 Å². The van der Waals surface area contributed by atoms with Crippen LogP contribution >= 0.6 is 29.9 Å². The van der Waals surface area contributed by atoms with Gasteiger partial charge in [-0.3, -0.25) is 4.79 Å². The Hall–Kier alpha value is 0.520. The van der Waals surface area contributed by atoms with E-state index in [1.165, 1.54) is 6.92 Å². The molecule has 10 heavy (non-hydrogen) atoms. The minimum Gasteiger partial charge on any atom is -0.317 e. The molecule has 0 saturated carbocycles. The molecule has 0 spiro atoms. The van der Waals surface area contributed by atoms with Crippen molar-refractivity contribution in [1.29, 1.82) is 0 Å². The molecule has 0 bridgehead atoms. The van der Waals surface area contributed by atoms with Gasteiger partial charge in [-0.15, -0.1) is 0 Å². The molecule has 60 valence electrons. The molecule has 0 heterocycles. The molecular weight excluding hydrogens is 195 g/mol. The third-order valence-electron chi connectivity index (χ3n) is 0.483. The van der Waals surface area contributed by atoms with E-state index in [1.54, 1.807) is 0 Å². The van der Waals surface area contributed by atoms with Gasteiger partial charge in [0.1, 0.15) is 0 Å². The second-order valence-corrected chi connectivity index (χ2v) is 6.62. The van der Waals surface area contributed by atoms with Crippen LogP contribution in [0.25, 0.3) is 0 Å². The lowest BCUT2D eigenvalue weighted by Crippen LogP contribution is -1.81. The van der Waals surface area contributed by atoms with Crippen molar-refractivity contribution < 1.29 is 19.1 Å². The van der Waals surface area contributed by atoms with Crippen molar-refractivity contribution in [2.45, 2.75) is 6.92 Å². The topological polar surface area (TPSA) is 74.6 Å². The predicted molar refractivity (Wildman–Crippen MR) is 42.8 cm³/mol. The molecule has 7 heteroatoms. The first kappa shape index (κ1) is 10.5. The van der Waals surface area contributed by atoms with Gasteiger partial charge < -0.3 is 9.79 Å². The van der Waals surface area contributed by atoms with E-state index in [0.717, 1.165) is 11.8 Å². The molecule has 2 N–H and O–H groups in total. The van der Waals surface area contributed by atoms with E-state index in [9.17, 15) is 9.36 Å². The number of carbonyl (C=O) groups excluding carboxylic acids is 1. The highest BCUT2D eigenvalue weighted by Crippen LogP contribution is 2.51. The maximum absolute atomic E-state index is 10.2. The van der Waals surface area contributed by atoms with Crippen LogP contribution in [-0.2, 0) is 9.36 Å². The zero-order valence-corrected chi connectivity index (χ0v) is 7.71. The van der Waals surface area contributed by atoms with Gasteiger partial charge in [-0.1, -0.05) is 11.8 Å². The summed E-state index contributed by atoms with van der Waals surface area (Å²) >= 11 is 1.36. The highest BCUT2D eigenvalue weighted by atomic mass is 32.7. The lowest BCUT2D eigenvalue weighted by Gasteiger charge is -1.99. The van der Waals surface area contributed by atoms with Crippen LogP contribution in [0, 0.1) is 0 Å². The highest BCUT2D eigenvalue weighted by Gasteiger charge is 2.13. The van der Waals surface area contributed by atoms with Crippen molar-refractivity contribution in [3.8, 4) is 0 Å². The van der Waals surface area contributed by atoms with Crippen LogP contribution < -0.4 is 0 Å². The molecule has 0 atom stereocenters. The summed E-state index contributed by atoms with van der Waals surface area (Å²) in [4.78, 5) is 26.8. The quantitative estimate of drug-likeness (QED) is 0.526. The zero-order valence-electron chi connectivity index (χ0n) is 5.18. The molecule has 0 aliphatic carbocycles. The Balaban J connectivity index is 3.39. The van der Waals surface area contributed by atoms with Crippen LogP contribution in [-0.4, -0.2) is 20.0 Å². The fourth-order valence-corrected chi connectivity index (χ4v) is 3.31. The third kappa shape index (κ3) is 8.52. The Labute approximate surface area is 66.7 Å². The van der Waals surface area contributed by atoms with Crippen LogP contribution in [0.4, 0.5) is 0 Å². The molecule has 0 rings (SSSR count). The van der Waals surface area contributed by atoms with Gasteiger partial charge in [0, 0.05) is 6.92 Å². The number of thioether (sulfide) groups is 1.